The predicted molar refractivity (Wildman–Crippen MR) is 89.5 cm³/mol. The number of hydrogen-bond donors (Lipinski definition) is 2. The van der Waals surface area contributed by atoms with E-state index in [4.69, 9.17) is 0 Å². The molecule has 118 valence electrons. The molecule has 1 aromatic heterocycles. The van der Waals surface area contributed by atoms with Crippen LogP contribution in [0.4, 0.5) is 0 Å². The maximum Gasteiger partial charge on any atom is 0.234 e. The summed E-state index contributed by atoms with van der Waals surface area (Å²) in [4.78, 5) is 13.4. The van der Waals surface area contributed by atoms with Crippen molar-refractivity contribution in [3.05, 3.63) is 22.4 Å². The van der Waals surface area contributed by atoms with E-state index >= 15 is 0 Å². The van der Waals surface area contributed by atoms with Gasteiger partial charge in [0, 0.05) is 17.0 Å². The minimum atomic E-state index is 0.0932. The van der Waals surface area contributed by atoms with Crippen LogP contribution < -0.4 is 10.6 Å². The zero-order valence-corrected chi connectivity index (χ0v) is 14.3. The topological polar surface area (TPSA) is 41.1 Å². The quantitative estimate of drug-likeness (QED) is 0.867. The molecule has 2 N–H and O–H groups in total. The van der Waals surface area contributed by atoms with Gasteiger partial charge in [0.15, 0.2) is 0 Å². The fraction of sp³-hybridized carbons (Fsp3) is 0.706. The van der Waals surface area contributed by atoms with Crippen molar-refractivity contribution in [3.8, 4) is 0 Å². The first-order valence-corrected chi connectivity index (χ1v) is 8.91. The van der Waals surface area contributed by atoms with Crippen molar-refractivity contribution in [2.75, 3.05) is 6.54 Å². The Balaban J connectivity index is 1.85. The van der Waals surface area contributed by atoms with Crippen LogP contribution in [0.3, 0.4) is 0 Å². The van der Waals surface area contributed by atoms with Crippen LogP contribution in [0.15, 0.2) is 17.5 Å². The largest absolute Gasteiger partial charge is 0.352 e. The Bertz CT molecular complexity index is 430. The highest BCUT2D eigenvalue weighted by Crippen LogP contribution is 2.34. The molecule has 1 amide bonds. The molecule has 1 aliphatic rings. The molecule has 0 spiro atoms. The first-order chi connectivity index (χ1) is 9.97. The number of nitrogens with one attached hydrogen (secondary N) is 2. The SMILES string of the molecule is CC(C)(C)C(NCC(=O)NC1CCCCC1)c1cccs1. The second-order valence-electron chi connectivity index (χ2n) is 7.10. The Kier molecular flexibility index (Phi) is 5.82. The summed E-state index contributed by atoms with van der Waals surface area (Å²) in [7, 11) is 0. The number of carbonyl (C=O) groups is 1. The third-order valence-corrected chi connectivity index (χ3v) is 5.07. The van der Waals surface area contributed by atoms with Crippen molar-refractivity contribution in [1.82, 2.24) is 10.6 Å². The minimum Gasteiger partial charge on any atom is -0.352 e. The van der Waals surface area contributed by atoms with Crippen molar-refractivity contribution in [1.29, 1.82) is 0 Å². The third kappa shape index (κ3) is 5.11. The first kappa shape index (κ1) is 16.5. The summed E-state index contributed by atoms with van der Waals surface area (Å²) in [6.07, 6.45) is 6.09. The Morgan fingerprint density at radius 2 is 2.05 bits per heavy atom. The molecule has 4 heteroatoms. The highest BCUT2D eigenvalue weighted by atomic mass is 32.1. The second-order valence-corrected chi connectivity index (χ2v) is 8.08. The lowest BCUT2D eigenvalue weighted by molar-refractivity contribution is -0.121. The van der Waals surface area contributed by atoms with Crippen molar-refractivity contribution in [2.45, 2.75) is 65.0 Å². The molecule has 0 aliphatic heterocycles. The van der Waals surface area contributed by atoms with Crippen LogP contribution in [0.5, 0.6) is 0 Å². The van der Waals surface area contributed by atoms with Gasteiger partial charge >= 0.3 is 0 Å². The minimum absolute atomic E-state index is 0.0932. The van der Waals surface area contributed by atoms with E-state index in [1.807, 2.05) is 0 Å². The maximum atomic E-state index is 12.1. The number of amides is 1. The molecule has 0 bridgehead atoms. The average molecular weight is 308 g/mol. The highest BCUT2D eigenvalue weighted by molar-refractivity contribution is 7.10. The number of thiophene rings is 1. The van der Waals surface area contributed by atoms with E-state index in [0.29, 0.717) is 12.6 Å². The van der Waals surface area contributed by atoms with Crippen molar-refractivity contribution in [3.63, 3.8) is 0 Å². The van der Waals surface area contributed by atoms with E-state index in [1.54, 1.807) is 11.3 Å². The summed E-state index contributed by atoms with van der Waals surface area (Å²) >= 11 is 1.75. The smallest absolute Gasteiger partial charge is 0.234 e. The number of rotatable bonds is 5. The van der Waals surface area contributed by atoms with Gasteiger partial charge in [-0.15, -0.1) is 11.3 Å². The third-order valence-electron chi connectivity index (χ3n) is 4.13. The summed E-state index contributed by atoms with van der Waals surface area (Å²) in [6, 6.07) is 4.83. The summed E-state index contributed by atoms with van der Waals surface area (Å²) in [5.74, 6) is 0.132. The molecule has 0 saturated heterocycles. The number of carbonyl (C=O) groups excluding carboxylic acids is 1. The normalized spacial score (nSPS) is 18.4. The molecule has 2 rings (SSSR count). The van der Waals surface area contributed by atoms with Crippen molar-refractivity contribution >= 4 is 17.2 Å². The van der Waals surface area contributed by atoms with Gasteiger partial charge in [-0.25, -0.2) is 0 Å². The summed E-state index contributed by atoms with van der Waals surface area (Å²) in [6.45, 7) is 7.03. The molecule has 0 aromatic carbocycles. The van der Waals surface area contributed by atoms with Crippen LogP contribution >= 0.6 is 11.3 Å². The van der Waals surface area contributed by atoms with E-state index in [0.717, 1.165) is 12.8 Å². The van der Waals surface area contributed by atoms with Crippen LogP contribution in [-0.2, 0) is 4.79 Å². The molecule has 1 heterocycles. The van der Waals surface area contributed by atoms with Gasteiger partial charge < -0.3 is 10.6 Å². The molecule has 1 aromatic rings. The van der Waals surface area contributed by atoms with Gasteiger partial charge in [0.2, 0.25) is 5.91 Å². The first-order valence-electron chi connectivity index (χ1n) is 8.03. The van der Waals surface area contributed by atoms with E-state index < -0.39 is 0 Å². The lowest BCUT2D eigenvalue weighted by atomic mass is 9.86. The molecular formula is C17H28N2OS. The highest BCUT2D eigenvalue weighted by Gasteiger charge is 2.27. The molecule has 1 fully saturated rings. The fourth-order valence-electron chi connectivity index (χ4n) is 3.01. The average Bonchev–Trinajstić information content (AvgIpc) is 2.92. The molecule has 1 saturated carbocycles. The summed E-state index contributed by atoms with van der Waals surface area (Å²) < 4.78 is 0. The molecular weight excluding hydrogens is 280 g/mol. The van der Waals surface area contributed by atoms with E-state index in [9.17, 15) is 4.79 Å². The molecule has 1 unspecified atom stereocenters. The summed E-state index contributed by atoms with van der Waals surface area (Å²) in [5.41, 5.74) is 0.0932. The van der Waals surface area contributed by atoms with Crippen LogP contribution in [0.1, 0.15) is 63.8 Å². The Hall–Kier alpha value is -0.870. The van der Waals surface area contributed by atoms with E-state index in [-0.39, 0.29) is 17.4 Å². The Labute approximate surface area is 132 Å². The van der Waals surface area contributed by atoms with Gasteiger partial charge in [-0.3, -0.25) is 4.79 Å². The maximum absolute atomic E-state index is 12.1. The molecule has 1 atom stereocenters. The van der Waals surface area contributed by atoms with Gasteiger partial charge in [0.05, 0.1) is 6.54 Å². The standard InChI is InChI=1S/C17H28N2OS/c1-17(2,3)16(14-10-7-11-21-14)18-12-15(20)19-13-8-5-4-6-9-13/h7,10-11,13,16,18H,4-6,8-9,12H2,1-3H3,(H,19,20). The van der Waals surface area contributed by atoms with Crippen LogP contribution in [-0.4, -0.2) is 18.5 Å². The van der Waals surface area contributed by atoms with Gasteiger partial charge in [-0.05, 0) is 29.7 Å². The molecule has 0 radical (unpaired) electrons. The van der Waals surface area contributed by atoms with Gasteiger partial charge in [0.25, 0.3) is 0 Å². The lowest BCUT2D eigenvalue weighted by Gasteiger charge is -2.31. The molecule has 1 aliphatic carbocycles. The molecule has 3 nitrogen and oxygen atoms in total. The summed E-state index contributed by atoms with van der Waals surface area (Å²) in [5, 5.41) is 8.72. The van der Waals surface area contributed by atoms with Crippen molar-refractivity contribution < 1.29 is 4.79 Å². The Morgan fingerprint density at radius 1 is 1.33 bits per heavy atom. The molecule has 21 heavy (non-hydrogen) atoms. The van der Waals surface area contributed by atoms with Crippen LogP contribution in [0, 0.1) is 5.41 Å². The van der Waals surface area contributed by atoms with Crippen molar-refractivity contribution in [2.24, 2.45) is 5.41 Å². The zero-order chi connectivity index (χ0) is 15.3. The van der Waals surface area contributed by atoms with Gasteiger partial charge in [-0.2, -0.15) is 0 Å². The van der Waals surface area contributed by atoms with E-state index in [1.165, 1.54) is 24.1 Å². The van der Waals surface area contributed by atoms with Crippen LogP contribution in [0.2, 0.25) is 0 Å². The Morgan fingerprint density at radius 3 is 2.62 bits per heavy atom. The lowest BCUT2D eigenvalue weighted by Crippen LogP contribution is -2.43. The fourth-order valence-corrected chi connectivity index (χ4v) is 4.05. The van der Waals surface area contributed by atoms with Gasteiger partial charge in [-0.1, -0.05) is 46.1 Å². The van der Waals surface area contributed by atoms with Crippen LogP contribution in [0.25, 0.3) is 0 Å². The monoisotopic (exact) mass is 308 g/mol. The number of hydrogen-bond acceptors (Lipinski definition) is 3. The second kappa shape index (κ2) is 7.41. The zero-order valence-electron chi connectivity index (χ0n) is 13.4. The van der Waals surface area contributed by atoms with Gasteiger partial charge in [0.1, 0.15) is 0 Å². The van der Waals surface area contributed by atoms with E-state index in [2.05, 4.69) is 48.9 Å². The predicted octanol–water partition coefficient (Wildman–Crippen LogP) is 3.87.